The van der Waals surface area contributed by atoms with Crippen molar-refractivity contribution in [3.05, 3.63) is 47.3 Å². The third-order valence-electron chi connectivity index (χ3n) is 4.01. The highest BCUT2D eigenvalue weighted by Crippen LogP contribution is 2.45. The van der Waals surface area contributed by atoms with Crippen LogP contribution in [0.3, 0.4) is 0 Å². The van der Waals surface area contributed by atoms with E-state index < -0.39 is 23.8 Å². The molecule has 1 atom stereocenters. The molecule has 1 aromatic heterocycles. The van der Waals surface area contributed by atoms with Gasteiger partial charge in [-0.2, -0.15) is 0 Å². The fraction of sp³-hybridized carbons (Fsp3) is 0.250. The van der Waals surface area contributed by atoms with Gasteiger partial charge in [0.05, 0.1) is 48.5 Å². The second-order valence-electron chi connectivity index (χ2n) is 5.74. The van der Waals surface area contributed by atoms with Crippen molar-refractivity contribution < 1.29 is 14.4 Å². The number of aromatic nitrogens is 1. The van der Waals surface area contributed by atoms with Crippen LogP contribution < -0.4 is 5.32 Å². The Hall–Kier alpha value is -1.38. The largest absolute Gasteiger partial charge is 0.349 e. The molecule has 0 saturated carbocycles. The number of rotatable bonds is 4. The number of halogens is 4. The Morgan fingerprint density at radius 1 is 1.11 bits per heavy atom. The number of thiazole rings is 1. The first-order valence-electron chi connectivity index (χ1n) is 7.57. The summed E-state index contributed by atoms with van der Waals surface area (Å²) in [7, 11) is 0. The molecule has 1 unspecified atom stereocenters. The minimum atomic E-state index is -1.10. The van der Waals surface area contributed by atoms with Gasteiger partial charge in [0.25, 0.3) is 11.8 Å². The number of carbonyl (C=O) groups excluding carboxylic acids is 3. The van der Waals surface area contributed by atoms with Crippen LogP contribution in [-0.4, -0.2) is 33.6 Å². The molecule has 0 bridgehead atoms. The molecular weight excluding hydrogens is 456 g/mol. The quantitative estimate of drug-likeness (QED) is 0.412. The van der Waals surface area contributed by atoms with Crippen molar-refractivity contribution in [3.8, 4) is 0 Å². The first-order valence-corrected chi connectivity index (χ1v) is 9.96. The Morgan fingerprint density at radius 3 is 2.07 bits per heavy atom. The summed E-state index contributed by atoms with van der Waals surface area (Å²) in [5, 5.41) is 4.73. The van der Waals surface area contributed by atoms with E-state index in [1.165, 1.54) is 18.3 Å². The predicted molar refractivity (Wildman–Crippen MR) is 105 cm³/mol. The molecule has 0 spiro atoms. The molecular formula is C16H11Cl4N3O3S. The van der Waals surface area contributed by atoms with Crippen molar-refractivity contribution in [2.45, 2.75) is 26.4 Å². The molecule has 0 aliphatic carbocycles. The molecule has 0 fully saturated rings. The van der Waals surface area contributed by atoms with E-state index in [4.69, 9.17) is 46.4 Å². The second kappa shape index (κ2) is 7.56. The predicted octanol–water partition coefficient (Wildman–Crippen LogP) is 4.37. The number of aryl methyl sites for hydroxylation is 1. The van der Waals surface area contributed by atoms with Crippen LogP contribution >= 0.6 is 57.7 Å². The van der Waals surface area contributed by atoms with E-state index in [1.54, 1.807) is 0 Å². The van der Waals surface area contributed by atoms with Crippen LogP contribution in [0, 0.1) is 6.92 Å². The molecule has 11 heteroatoms. The third kappa shape index (κ3) is 3.43. The third-order valence-corrected chi connectivity index (χ3v) is 6.63. The van der Waals surface area contributed by atoms with Gasteiger partial charge in [-0.15, -0.1) is 11.3 Å². The summed E-state index contributed by atoms with van der Waals surface area (Å²) in [6, 6.07) is -1.10. The van der Waals surface area contributed by atoms with Crippen molar-refractivity contribution in [1.29, 1.82) is 0 Å². The fourth-order valence-corrected chi connectivity index (χ4v) is 4.28. The summed E-state index contributed by atoms with van der Waals surface area (Å²) >= 11 is 25.6. The van der Waals surface area contributed by atoms with Gasteiger partial charge in [0.1, 0.15) is 6.04 Å². The molecule has 1 aromatic carbocycles. The average Bonchev–Trinajstić information content (AvgIpc) is 3.16. The first kappa shape index (κ1) is 20.4. The van der Waals surface area contributed by atoms with Crippen molar-refractivity contribution in [3.63, 3.8) is 0 Å². The van der Waals surface area contributed by atoms with E-state index >= 15 is 0 Å². The van der Waals surface area contributed by atoms with Crippen molar-refractivity contribution in [1.82, 2.24) is 15.2 Å². The molecule has 0 saturated heterocycles. The Bertz CT molecular complexity index is 945. The zero-order chi connectivity index (χ0) is 20.0. The molecule has 2 aromatic rings. The van der Waals surface area contributed by atoms with E-state index in [1.807, 2.05) is 12.3 Å². The molecule has 142 valence electrons. The molecule has 6 nitrogen and oxygen atoms in total. The maximum Gasteiger partial charge on any atom is 0.263 e. The topological polar surface area (TPSA) is 79.4 Å². The van der Waals surface area contributed by atoms with E-state index in [2.05, 4.69) is 10.3 Å². The Morgan fingerprint density at radius 2 is 1.63 bits per heavy atom. The highest BCUT2D eigenvalue weighted by Gasteiger charge is 2.45. The normalized spacial score (nSPS) is 14.5. The summed E-state index contributed by atoms with van der Waals surface area (Å²) < 4.78 is 0. The number of fused-ring (bicyclic) bond motifs is 1. The molecule has 3 rings (SSSR count). The lowest BCUT2D eigenvalue weighted by Crippen LogP contribution is -2.47. The van der Waals surface area contributed by atoms with Gasteiger partial charge in [0.2, 0.25) is 5.91 Å². The monoisotopic (exact) mass is 465 g/mol. The molecule has 3 amide bonds. The maximum absolute atomic E-state index is 12.7. The van der Waals surface area contributed by atoms with Gasteiger partial charge in [-0.1, -0.05) is 46.4 Å². The molecule has 1 N–H and O–H groups in total. The van der Waals surface area contributed by atoms with Gasteiger partial charge >= 0.3 is 0 Å². The summed E-state index contributed by atoms with van der Waals surface area (Å²) in [5.74, 6) is -2.04. The van der Waals surface area contributed by atoms with Crippen molar-refractivity contribution in [2.24, 2.45) is 0 Å². The number of nitrogens with zero attached hydrogens (tertiary/aromatic N) is 2. The fourth-order valence-electron chi connectivity index (χ4n) is 2.65. The minimum Gasteiger partial charge on any atom is -0.349 e. The van der Waals surface area contributed by atoms with Gasteiger partial charge in [-0.05, 0) is 13.8 Å². The average molecular weight is 467 g/mol. The zero-order valence-electron chi connectivity index (χ0n) is 13.9. The summed E-state index contributed by atoms with van der Waals surface area (Å²) in [5.41, 5.74) is 0.372. The molecule has 0 radical (unpaired) electrons. The number of imide groups is 1. The molecule has 1 aliphatic rings. The number of nitrogens with one attached hydrogen (secondary N) is 1. The molecule has 2 heterocycles. The van der Waals surface area contributed by atoms with Crippen LogP contribution in [-0.2, 0) is 11.3 Å². The van der Waals surface area contributed by atoms with E-state index in [0.29, 0.717) is 5.69 Å². The highest BCUT2D eigenvalue weighted by molar-refractivity contribution is 7.09. The second-order valence-corrected chi connectivity index (χ2v) is 8.31. The summed E-state index contributed by atoms with van der Waals surface area (Å²) in [6.45, 7) is 3.45. The van der Waals surface area contributed by atoms with Gasteiger partial charge in [-0.25, -0.2) is 4.98 Å². The van der Waals surface area contributed by atoms with Gasteiger partial charge in [0.15, 0.2) is 0 Å². The van der Waals surface area contributed by atoms with Crippen molar-refractivity contribution in [2.75, 3.05) is 0 Å². The van der Waals surface area contributed by atoms with Crippen LogP contribution in [0.1, 0.15) is 38.3 Å². The van der Waals surface area contributed by atoms with Gasteiger partial charge < -0.3 is 5.32 Å². The van der Waals surface area contributed by atoms with Crippen LogP contribution in [0.25, 0.3) is 0 Å². The number of hydrogen-bond donors (Lipinski definition) is 1. The molecule has 1 aliphatic heterocycles. The van der Waals surface area contributed by atoms with Gasteiger partial charge in [0, 0.05) is 5.38 Å². The van der Waals surface area contributed by atoms with E-state index in [-0.39, 0.29) is 37.8 Å². The summed E-state index contributed by atoms with van der Waals surface area (Å²) in [4.78, 5) is 43.0. The zero-order valence-corrected chi connectivity index (χ0v) is 17.7. The smallest absolute Gasteiger partial charge is 0.263 e. The Kier molecular flexibility index (Phi) is 5.70. The van der Waals surface area contributed by atoms with Crippen molar-refractivity contribution >= 4 is 75.5 Å². The maximum atomic E-state index is 12.7. The number of carbonyl (C=O) groups is 3. The SMILES string of the molecule is Cc1nc(CNC(=O)C(C)N2C(=O)c3c(Cl)c(Cl)c(Cl)c(Cl)c3C2=O)cs1. The van der Waals surface area contributed by atoms with E-state index in [0.717, 1.165) is 9.91 Å². The minimum absolute atomic E-state index is 0.124. The van der Waals surface area contributed by atoms with Crippen LogP contribution in [0.15, 0.2) is 5.38 Å². The van der Waals surface area contributed by atoms with Crippen LogP contribution in [0.5, 0.6) is 0 Å². The molecule has 27 heavy (non-hydrogen) atoms. The highest BCUT2D eigenvalue weighted by atomic mass is 35.5. The Balaban J connectivity index is 1.86. The standard InChI is InChI=1S/C16H11Cl4N3O3S/c1-5(14(24)21-3-7-4-27-6(2)22-7)23-15(25)8-9(16(23)26)11(18)13(20)12(19)10(8)17/h4-5H,3H2,1-2H3,(H,21,24). The lowest BCUT2D eigenvalue weighted by Gasteiger charge is -2.21. The lowest BCUT2D eigenvalue weighted by atomic mass is 10.1. The summed E-state index contributed by atoms with van der Waals surface area (Å²) in [6.07, 6.45) is 0. The van der Waals surface area contributed by atoms with Crippen LogP contribution in [0.2, 0.25) is 20.1 Å². The van der Waals surface area contributed by atoms with E-state index in [9.17, 15) is 14.4 Å². The number of hydrogen-bond acceptors (Lipinski definition) is 5. The Labute approximate surface area is 178 Å². The first-order chi connectivity index (χ1) is 12.6. The number of amides is 3. The number of benzene rings is 1. The van der Waals surface area contributed by atoms with Crippen LogP contribution in [0.4, 0.5) is 0 Å². The lowest BCUT2D eigenvalue weighted by molar-refractivity contribution is -0.124. The van der Waals surface area contributed by atoms with Gasteiger partial charge in [-0.3, -0.25) is 19.3 Å².